The van der Waals surface area contributed by atoms with Crippen LogP contribution in [-0.2, 0) is 11.3 Å². The molecule has 0 bridgehead atoms. The third kappa shape index (κ3) is 5.87. The molecule has 3 rings (SSSR count). The Morgan fingerprint density at radius 3 is 2.77 bits per heavy atom. The molecule has 0 radical (unpaired) electrons. The first-order chi connectivity index (χ1) is 14.7. The highest BCUT2D eigenvalue weighted by molar-refractivity contribution is 5.94. The third-order valence-corrected chi connectivity index (χ3v) is 4.23. The number of amides is 1. The van der Waals surface area contributed by atoms with E-state index in [9.17, 15) is 4.79 Å². The monoisotopic (exact) mass is 401 g/mol. The Morgan fingerprint density at radius 1 is 1.17 bits per heavy atom. The van der Waals surface area contributed by atoms with Gasteiger partial charge < -0.3 is 15.4 Å². The van der Waals surface area contributed by atoms with Crippen LogP contribution in [-0.4, -0.2) is 29.0 Å². The zero-order valence-corrected chi connectivity index (χ0v) is 16.8. The molecule has 0 aliphatic heterocycles. The molecule has 2 N–H and O–H groups in total. The summed E-state index contributed by atoms with van der Waals surface area (Å²) in [6, 6.07) is 18.7. The quantitative estimate of drug-likeness (QED) is 0.414. The van der Waals surface area contributed by atoms with Crippen LogP contribution in [0.3, 0.4) is 0 Å². The lowest BCUT2D eigenvalue weighted by Crippen LogP contribution is -2.23. The number of carbonyl (C=O) groups excluding carboxylic acids is 1. The molecule has 0 aliphatic carbocycles. The number of hydrogen-bond donors (Lipinski definition) is 2. The van der Waals surface area contributed by atoms with Crippen LogP contribution in [0.1, 0.15) is 29.3 Å². The maximum atomic E-state index is 11.9. The van der Waals surface area contributed by atoms with Crippen LogP contribution < -0.4 is 10.6 Å². The van der Waals surface area contributed by atoms with Gasteiger partial charge in [-0.2, -0.15) is 5.26 Å². The lowest BCUT2D eigenvalue weighted by Gasteiger charge is -2.09. The molecule has 0 saturated heterocycles. The predicted molar refractivity (Wildman–Crippen MR) is 115 cm³/mol. The first kappa shape index (κ1) is 21.0. The Morgan fingerprint density at radius 2 is 2.00 bits per heavy atom. The molecular formula is C23H23N5O2. The summed E-state index contributed by atoms with van der Waals surface area (Å²) < 4.78 is 5.60. The zero-order chi connectivity index (χ0) is 21.2. The first-order valence-corrected chi connectivity index (χ1v) is 9.72. The Labute approximate surface area is 175 Å². The fourth-order valence-electron chi connectivity index (χ4n) is 2.80. The van der Waals surface area contributed by atoms with Crippen LogP contribution >= 0.6 is 0 Å². The maximum absolute atomic E-state index is 11.9. The molecule has 0 aliphatic rings. The van der Waals surface area contributed by atoms with Gasteiger partial charge in [0.15, 0.2) is 0 Å². The van der Waals surface area contributed by atoms with Gasteiger partial charge in [-0.25, -0.2) is 9.97 Å². The maximum Gasteiger partial charge on any atom is 0.252 e. The van der Waals surface area contributed by atoms with Gasteiger partial charge in [0.05, 0.1) is 18.4 Å². The minimum Gasteiger partial charge on any atom is -0.377 e. The highest BCUT2D eigenvalue weighted by Crippen LogP contribution is 2.21. The molecule has 0 atom stereocenters. The van der Waals surface area contributed by atoms with Crippen LogP contribution in [0, 0.1) is 11.3 Å². The van der Waals surface area contributed by atoms with Crippen LogP contribution in [0.2, 0.25) is 0 Å². The number of carbonyl (C=O) groups is 1. The van der Waals surface area contributed by atoms with Crippen molar-refractivity contribution in [2.75, 3.05) is 18.5 Å². The molecule has 7 heteroatoms. The normalized spacial score (nSPS) is 10.3. The van der Waals surface area contributed by atoms with Gasteiger partial charge in [0.25, 0.3) is 5.91 Å². The van der Waals surface area contributed by atoms with E-state index in [1.54, 1.807) is 18.3 Å². The minimum absolute atomic E-state index is 0.0204. The Bertz CT molecular complexity index is 1030. The molecule has 0 unspecified atom stereocenters. The van der Waals surface area contributed by atoms with E-state index < -0.39 is 0 Å². The Balaban J connectivity index is 1.70. The van der Waals surface area contributed by atoms with Gasteiger partial charge in [-0.05, 0) is 42.3 Å². The standard InChI is InChI=1S/C23H23N5O2/c1-2-14-30-16-17-4-3-5-20(15-17)27-23-26-12-10-21(28-23)18-6-8-19(9-7-18)22(29)25-13-11-24/h3-10,12,15H,2,13-14,16H2,1H3,(H,25,29)(H,26,27,28). The number of aromatic nitrogens is 2. The molecule has 1 heterocycles. The van der Waals surface area contributed by atoms with Crippen molar-refractivity contribution in [2.45, 2.75) is 20.0 Å². The van der Waals surface area contributed by atoms with Crippen molar-refractivity contribution in [3.05, 3.63) is 71.9 Å². The number of rotatable bonds is 9. The van der Waals surface area contributed by atoms with E-state index in [-0.39, 0.29) is 12.5 Å². The fraction of sp³-hybridized carbons (Fsp3) is 0.217. The first-order valence-electron chi connectivity index (χ1n) is 9.72. The highest BCUT2D eigenvalue weighted by atomic mass is 16.5. The van der Waals surface area contributed by atoms with Crippen molar-refractivity contribution < 1.29 is 9.53 Å². The van der Waals surface area contributed by atoms with Gasteiger partial charge in [-0.3, -0.25) is 4.79 Å². The lowest BCUT2D eigenvalue weighted by molar-refractivity contribution is 0.0958. The molecule has 30 heavy (non-hydrogen) atoms. The molecule has 1 aromatic heterocycles. The van der Waals surface area contributed by atoms with E-state index in [2.05, 4.69) is 27.5 Å². The molecule has 7 nitrogen and oxygen atoms in total. The van der Waals surface area contributed by atoms with Crippen LogP contribution in [0.25, 0.3) is 11.3 Å². The Kier molecular flexibility index (Phi) is 7.47. The van der Waals surface area contributed by atoms with E-state index in [1.165, 1.54) is 0 Å². The number of benzene rings is 2. The van der Waals surface area contributed by atoms with Crippen molar-refractivity contribution >= 4 is 17.5 Å². The van der Waals surface area contributed by atoms with Crippen molar-refractivity contribution in [2.24, 2.45) is 0 Å². The summed E-state index contributed by atoms with van der Waals surface area (Å²) in [5.41, 5.74) is 4.05. The average Bonchev–Trinajstić information content (AvgIpc) is 2.78. The van der Waals surface area contributed by atoms with E-state index in [4.69, 9.17) is 10.00 Å². The molecule has 2 aromatic carbocycles. The van der Waals surface area contributed by atoms with Gasteiger partial charge in [-0.15, -0.1) is 0 Å². The molecule has 0 saturated carbocycles. The smallest absolute Gasteiger partial charge is 0.252 e. The summed E-state index contributed by atoms with van der Waals surface area (Å²) >= 11 is 0. The third-order valence-electron chi connectivity index (χ3n) is 4.23. The molecule has 152 valence electrons. The highest BCUT2D eigenvalue weighted by Gasteiger charge is 2.07. The zero-order valence-electron chi connectivity index (χ0n) is 16.8. The lowest BCUT2D eigenvalue weighted by atomic mass is 10.1. The SMILES string of the molecule is CCCOCc1cccc(Nc2nccc(-c3ccc(C(=O)NCC#N)cc3)n2)c1. The summed E-state index contributed by atoms with van der Waals surface area (Å²) in [5, 5.41) is 14.3. The second-order valence-corrected chi connectivity index (χ2v) is 6.56. The summed E-state index contributed by atoms with van der Waals surface area (Å²) in [4.78, 5) is 20.8. The van der Waals surface area contributed by atoms with Crippen molar-refractivity contribution in [3.63, 3.8) is 0 Å². The van der Waals surface area contributed by atoms with Crippen molar-refractivity contribution in [1.29, 1.82) is 5.26 Å². The van der Waals surface area contributed by atoms with E-state index >= 15 is 0 Å². The number of hydrogen-bond acceptors (Lipinski definition) is 6. The summed E-state index contributed by atoms with van der Waals surface area (Å²) in [6.45, 7) is 3.37. The van der Waals surface area contributed by atoms with E-state index in [0.717, 1.165) is 35.5 Å². The molecular weight excluding hydrogens is 378 g/mol. The van der Waals surface area contributed by atoms with Gasteiger partial charge >= 0.3 is 0 Å². The summed E-state index contributed by atoms with van der Waals surface area (Å²) in [5.74, 6) is 0.200. The van der Waals surface area contributed by atoms with Gasteiger partial charge in [0.2, 0.25) is 5.95 Å². The van der Waals surface area contributed by atoms with Crippen molar-refractivity contribution in [1.82, 2.24) is 15.3 Å². The topological polar surface area (TPSA) is 99.9 Å². The summed E-state index contributed by atoms with van der Waals surface area (Å²) in [7, 11) is 0. The van der Waals surface area contributed by atoms with Crippen LogP contribution in [0.5, 0.6) is 0 Å². The fourth-order valence-corrected chi connectivity index (χ4v) is 2.80. The predicted octanol–water partition coefficient (Wildman–Crippen LogP) is 4.07. The summed E-state index contributed by atoms with van der Waals surface area (Å²) in [6.07, 6.45) is 2.68. The van der Waals surface area contributed by atoms with Crippen molar-refractivity contribution in [3.8, 4) is 17.3 Å². The largest absolute Gasteiger partial charge is 0.377 e. The van der Waals surface area contributed by atoms with Gasteiger partial charge in [0.1, 0.15) is 6.54 Å². The number of nitriles is 1. The number of nitrogens with one attached hydrogen (secondary N) is 2. The van der Waals surface area contributed by atoms with E-state index in [1.807, 2.05) is 48.5 Å². The van der Waals surface area contributed by atoms with Gasteiger partial charge in [-0.1, -0.05) is 31.2 Å². The van der Waals surface area contributed by atoms with Crippen LogP contribution in [0.4, 0.5) is 11.6 Å². The minimum atomic E-state index is -0.282. The second kappa shape index (κ2) is 10.7. The number of anilines is 2. The number of nitrogens with zero attached hydrogens (tertiary/aromatic N) is 3. The number of ether oxygens (including phenoxy) is 1. The second-order valence-electron chi connectivity index (χ2n) is 6.56. The molecule has 0 fully saturated rings. The molecule has 1 amide bonds. The van der Waals surface area contributed by atoms with Gasteiger partial charge in [0, 0.05) is 29.6 Å². The molecule has 3 aromatic rings. The Hall–Kier alpha value is -3.76. The van der Waals surface area contributed by atoms with Crippen LogP contribution in [0.15, 0.2) is 60.8 Å². The molecule has 0 spiro atoms. The average molecular weight is 401 g/mol. The van der Waals surface area contributed by atoms with E-state index in [0.29, 0.717) is 18.1 Å².